The van der Waals surface area contributed by atoms with Crippen molar-refractivity contribution in [2.75, 3.05) is 19.0 Å². The summed E-state index contributed by atoms with van der Waals surface area (Å²) >= 11 is 0. The molecular weight excluding hydrogens is 242 g/mol. The molecule has 0 radical (unpaired) electrons. The molecule has 20 heavy (non-hydrogen) atoms. The van der Waals surface area contributed by atoms with Crippen molar-refractivity contribution < 1.29 is 0 Å². The summed E-state index contributed by atoms with van der Waals surface area (Å²) in [6.07, 6.45) is 11.4. The van der Waals surface area contributed by atoms with Crippen molar-refractivity contribution in [1.82, 2.24) is 0 Å². The first kappa shape index (κ1) is 15.4. The molecule has 112 valence electrons. The van der Waals surface area contributed by atoms with E-state index in [0.29, 0.717) is 0 Å². The first-order valence-electron chi connectivity index (χ1n) is 8.48. The maximum Gasteiger partial charge on any atom is 0.0361 e. The molecule has 0 amide bonds. The first-order chi connectivity index (χ1) is 9.70. The summed E-state index contributed by atoms with van der Waals surface area (Å²) in [5.41, 5.74) is 2.87. The fourth-order valence-corrected chi connectivity index (χ4v) is 3.51. The Morgan fingerprint density at radius 1 is 0.950 bits per heavy atom. The molecule has 0 N–H and O–H groups in total. The van der Waals surface area contributed by atoms with E-state index in [0.717, 1.165) is 11.8 Å². The molecule has 1 aliphatic rings. The van der Waals surface area contributed by atoms with E-state index in [4.69, 9.17) is 0 Å². The monoisotopic (exact) mass is 273 g/mol. The molecule has 0 atom stereocenters. The zero-order valence-electron chi connectivity index (χ0n) is 13.6. The predicted molar refractivity (Wildman–Crippen MR) is 89.6 cm³/mol. The molecule has 1 aromatic rings. The number of nitrogens with zero attached hydrogens (tertiary/aromatic N) is 1. The summed E-state index contributed by atoms with van der Waals surface area (Å²) in [6.45, 7) is 2.30. The van der Waals surface area contributed by atoms with Crippen LogP contribution >= 0.6 is 0 Å². The van der Waals surface area contributed by atoms with Gasteiger partial charge in [-0.1, -0.05) is 44.7 Å². The van der Waals surface area contributed by atoms with Gasteiger partial charge in [-0.05, 0) is 55.2 Å². The first-order valence-corrected chi connectivity index (χ1v) is 8.48. The SMILES string of the molecule is CCCCCC1CCC(c2ccc(N(C)C)cc2)CC1. The zero-order valence-corrected chi connectivity index (χ0v) is 13.6. The molecule has 1 aliphatic carbocycles. The fourth-order valence-electron chi connectivity index (χ4n) is 3.51. The van der Waals surface area contributed by atoms with Crippen LogP contribution in [0.25, 0.3) is 0 Å². The van der Waals surface area contributed by atoms with Gasteiger partial charge in [-0.3, -0.25) is 0 Å². The van der Waals surface area contributed by atoms with Crippen molar-refractivity contribution in [2.24, 2.45) is 5.92 Å². The van der Waals surface area contributed by atoms with E-state index >= 15 is 0 Å². The standard InChI is InChI=1S/C19H31N/c1-4-5-6-7-16-8-10-17(11-9-16)18-12-14-19(15-13-18)20(2)3/h12-17H,4-11H2,1-3H3. The number of hydrogen-bond acceptors (Lipinski definition) is 1. The Morgan fingerprint density at radius 2 is 1.60 bits per heavy atom. The second-order valence-electron chi connectivity index (χ2n) is 6.70. The third-order valence-electron chi connectivity index (χ3n) is 4.94. The minimum Gasteiger partial charge on any atom is -0.378 e. The van der Waals surface area contributed by atoms with E-state index in [9.17, 15) is 0 Å². The van der Waals surface area contributed by atoms with Crippen LogP contribution in [0.3, 0.4) is 0 Å². The lowest BCUT2D eigenvalue weighted by atomic mass is 9.77. The van der Waals surface area contributed by atoms with Gasteiger partial charge in [0.1, 0.15) is 0 Å². The van der Waals surface area contributed by atoms with Crippen LogP contribution in [0.2, 0.25) is 0 Å². The molecule has 1 fully saturated rings. The highest BCUT2D eigenvalue weighted by Crippen LogP contribution is 2.38. The Hall–Kier alpha value is -0.980. The molecule has 0 heterocycles. The van der Waals surface area contributed by atoms with E-state index in [1.807, 2.05) is 0 Å². The Bertz CT molecular complexity index is 371. The summed E-state index contributed by atoms with van der Waals surface area (Å²) in [5, 5.41) is 0. The molecule has 0 aromatic heterocycles. The Labute approximate surface area is 125 Å². The van der Waals surface area contributed by atoms with Crippen molar-refractivity contribution >= 4 is 5.69 Å². The average Bonchev–Trinajstić information content (AvgIpc) is 2.48. The minimum absolute atomic E-state index is 0.814. The molecule has 1 heteroatoms. The van der Waals surface area contributed by atoms with E-state index in [1.54, 1.807) is 5.56 Å². The minimum atomic E-state index is 0.814. The van der Waals surface area contributed by atoms with Crippen LogP contribution in [0, 0.1) is 5.92 Å². The van der Waals surface area contributed by atoms with Crippen molar-refractivity contribution in [2.45, 2.75) is 64.2 Å². The van der Waals surface area contributed by atoms with Crippen molar-refractivity contribution in [3.05, 3.63) is 29.8 Å². The van der Waals surface area contributed by atoms with Gasteiger partial charge in [-0.2, -0.15) is 0 Å². The van der Waals surface area contributed by atoms with E-state index < -0.39 is 0 Å². The number of anilines is 1. The molecule has 1 saturated carbocycles. The molecule has 0 bridgehead atoms. The number of benzene rings is 1. The van der Waals surface area contributed by atoms with Gasteiger partial charge in [-0.15, -0.1) is 0 Å². The van der Waals surface area contributed by atoms with Crippen molar-refractivity contribution in [3.63, 3.8) is 0 Å². The summed E-state index contributed by atoms with van der Waals surface area (Å²) in [4.78, 5) is 2.18. The Balaban J connectivity index is 1.81. The molecular formula is C19H31N. The maximum absolute atomic E-state index is 2.34. The summed E-state index contributed by atoms with van der Waals surface area (Å²) in [6, 6.07) is 9.22. The van der Waals surface area contributed by atoms with Crippen LogP contribution in [0.4, 0.5) is 5.69 Å². The number of unbranched alkanes of at least 4 members (excludes halogenated alkanes) is 2. The highest BCUT2D eigenvalue weighted by atomic mass is 15.1. The van der Waals surface area contributed by atoms with Gasteiger partial charge in [0.15, 0.2) is 0 Å². The second kappa shape index (κ2) is 7.71. The molecule has 0 spiro atoms. The highest BCUT2D eigenvalue weighted by molar-refractivity contribution is 5.46. The lowest BCUT2D eigenvalue weighted by Gasteiger charge is -2.29. The number of hydrogen-bond donors (Lipinski definition) is 0. The van der Waals surface area contributed by atoms with Gasteiger partial charge in [0.2, 0.25) is 0 Å². The van der Waals surface area contributed by atoms with Crippen LogP contribution in [0.15, 0.2) is 24.3 Å². The molecule has 0 saturated heterocycles. The Kier molecular flexibility index (Phi) is 5.94. The van der Waals surface area contributed by atoms with E-state index in [-0.39, 0.29) is 0 Å². The van der Waals surface area contributed by atoms with Gasteiger partial charge in [0.25, 0.3) is 0 Å². The molecule has 1 nitrogen and oxygen atoms in total. The molecule has 0 unspecified atom stereocenters. The van der Waals surface area contributed by atoms with Gasteiger partial charge >= 0.3 is 0 Å². The summed E-state index contributed by atoms with van der Waals surface area (Å²) < 4.78 is 0. The topological polar surface area (TPSA) is 3.24 Å². The lowest BCUT2D eigenvalue weighted by molar-refractivity contribution is 0.303. The predicted octanol–water partition coefficient (Wildman–Crippen LogP) is 5.61. The highest BCUT2D eigenvalue weighted by Gasteiger charge is 2.21. The summed E-state index contributed by atoms with van der Waals surface area (Å²) in [5.74, 6) is 1.83. The average molecular weight is 273 g/mol. The smallest absolute Gasteiger partial charge is 0.0361 e. The normalized spacial score (nSPS) is 22.8. The second-order valence-corrected chi connectivity index (χ2v) is 6.70. The van der Waals surface area contributed by atoms with Crippen molar-refractivity contribution in [3.8, 4) is 0 Å². The summed E-state index contributed by atoms with van der Waals surface area (Å²) in [7, 11) is 4.22. The maximum atomic E-state index is 2.34. The van der Waals surface area contributed by atoms with Gasteiger partial charge in [0, 0.05) is 19.8 Å². The van der Waals surface area contributed by atoms with Gasteiger partial charge < -0.3 is 4.90 Å². The third kappa shape index (κ3) is 4.26. The van der Waals surface area contributed by atoms with Crippen LogP contribution < -0.4 is 4.90 Å². The fraction of sp³-hybridized carbons (Fsp3) is 0.684. The largest absolute Gasteiger partial charge is 0.378 e. The molecule has 1 aromatic carbocycles. The van der Waals surface area contributed by atoms with Crippen LogP contribution in [0.5, 0.6) is 0 Å². The Morgan fingerprint density at radius 3 is 2.15 bits per heavy atom. The van der Waals surface area contributed by atoms with E-state index in [1.165, 1.54) is 57.1 Å². The quantitative estimate of drug-likeness (QED) is 0.609. The van der Waals surface area contributed by atoms with Crippen molar-refractivity contribution in [1.29, 1.82) is 0 Å². The van der Waals surface area contributed by atoms with Crippen LogP contribution in [-0.2, 0) is 0 Å². The third-order valence-corrected chi connectivity index (χ3v) is 4.94. The zero-order chi connectivity index (χ0) is 14.4. The van der Waals surface area contributed by atoms with Gasteiger partial charge in [0.05, 0.1) is 0 Å². The molecule has 0 aliphatic heterocycles. The van der Waals surface area contributed by atoms with Gasteiger partial charge in [-0.25, -0.2) is 0 Å². The van der Waals surface area contributed by atoms with Crippen LogP contribution in [-0.4, -0.2) is 14.1 Å². The van der Waals surface area contributed by atoms with E-state index in [2.05, 4.69) is 50.2 Å². The lowest BCUT2D eigenvalue weighted by Crippen LogP contribution is -2.14. The number of rotatable bonds is 6. The van der Waals surface area contributed by atoms with Crippen LogP contribution in [0.1, 0.15) is 69.8 Å². The molecule has 2 rings (SSSR count).